The summed E-state index contributed by atoms with van der Waals surface area (Å²) in [7, 11) is 0. The minimum absolute atomic E-state index is 0.0679. The van der Waals surface area contributed by atoms with E-state index in [9.17, 15) is 9.59 Å². The van der Waals surface area contributed by atoms with Gasteiger partial charge in [-0.1, -0.05) is 41.4 Å². The zero-order valence-electron chi connectivity index (χ0n) is 15.7. The number of hydrogen-bond acceptors (Lipinski definition) is 3. The zero-order chi connectivity index (χ0) is 19.7. The molecule has 1 aromatic rings. The van der Waals surface area contributed by atoms with E-state index in [0.717, 1.165) is 12.0 Å². The first kappa shape index (κ1) is 19.7. The van der Waals surface area contributed by atoms with Gasteiger partial charge in [0.25, 0.3) is 0 Å². The minimum atomic E-state index is -0.281. The highest BCUT2D eigenvalue weighted by molar-refractivity contribution is 6.42. The van der Waals surface area contributed by atoms with Crippen molar-refractivity contribution in [3.63, 3.8) is 0 Å². The van der Waals surface area contributed by atoms with E-state index in [1.54, 1.807) is 12.1 Å². The number of halogens is 2. The van der Waals surface area contributed by atoms with Crippen LogP contribution in [0.1, 0.15) is 18.4 Å². The molecule has 2 heterocycles. The lowest BCUT2D eigenvalue weighted by atomic mass is 9.71. The number of amides is 2. The van der Waals surface area contributed by atoms with Crippen LogP contribution in [-0.4, -0.2) is 54.5 Å². The molecule has 3 atom stereocenters. The third-order valence-corrected chi connectivity index (χ3v) is 6.73. The Balaban J connectivity index is 1.51. The molecule has 0 unspecified atom stereocenters. The van der Waals surface area contributed by atoms with Crippen LogP contribution in [0, 0.1) is 17.8 Å². The van der Waals surface area contributed by atoms with Gasteiger partial charge < -0.3 is 14.5 Å². The molecule has 0 radical (unpaired) electrons. The number of benzene rings is 1. The molecule has 0 aromatic heterocycles. The summed E-state index contributed by atoms with van der Waals surface area (Å²) in [5.74, 6) is -0.263. The van der Waals surface area contributed by atoms with E-state index >= 15 is 0 Å². The summed E-state index contributed by atoms with van der Waals surface area (Å²) in [5, 5.41) is 0.992. The lowest BCUT2D eigenvalue weighted by Crippen LogP contribution is -2.53. The summed E-state index contributed by atoms with van der Waals surface area (Å²) in [6, 6.07) is 5.45. The molecule has 4 rings (SSSR count). The van der Waals surface area contributed by atoms with Gasteiger partial charge in [-0.2, -0.15) is 0 Å². The van der Waals surface area contributed by atoms with Crippen molar-refractivity contribution in [3.8, 4) is 0 Å². The van der Waals surface area contributed by atoms with Crippen LogP contribution in [0.2, 0.25) is 10.0 Å². The summed E-state index contributed by atoms with van der Waals surface area (Å²) < 4.78 is 5.36. The van der Waals surface area contributed by atoms with Crippen molar-refractivity contribution < 1.29 is 14.3 Å². The Labute approximate surface area is 175 Å². The van der Waals surface area contributed by atoms with Gasteiger partial charge in [-0.25, -0.2) is 0 Å². The fourth-order valence-corrected chi connectivity index (χ4v) is 4.83. The van der Waals surface area contributed by atoms with Gasteiger partial charge in [0.15, 0.2) is 0 Å². The fourth-order valence-electron chi connectivity index (χ4n) is 4.51. The predicted octanol–water partition coefficient (Wildman–Crippen LogP) is 3.39. The minimum Gasteiger partial charge on any atom is -0.378 e. The van der Waals surface area contributed by atoms with E-state index in [1.165, 1.54) is 0 Å². The van der Waals surface area contributed by atoms with Crippen molar-refractivity contribution in [1.29, 1.82) is 0 Å². The Bertz CT molecular complexity index is 792. The molecule has 0 spiro atoms. The van der Waals surface area contributed by atoms with Gasteiger partial charge >= 0.3 is 0 Å². The highest BCUT2D eigenvalue weighted by Gasteiger charge is 2.45. The number of carbonyl (C=O) groups excluding carboxylic acids is 2. The Morgan fingerprint density at radius 1 is 1.14 bits per heavy atom. The number of fused-ring (bicyclic) bond motifs is 1. The second-order valence-electron chi connectivity index (χ2n) is 7.69. The summed E-state index contributed by atoms with van der Waals surface area (Å²) in [5.41, 5.74) is 0.948. The number of morpholine rings is 1. The van der Waals surface area contributed by atoms with Gasteiger partial charge in [0.2, 0.25) is 11.8 Å². The van der Waals surface area contributed by atoms with Crippen molar-refractivity contribution >= 4 is 35.0 Å². The summed E-state index contributed by atoms with van der Waals surface area (Å²) in [4.78, 5) is 30.2. The third kappa shape index (κ3) is 3.93. The van der Waals surface area contributed by atoms with E-state index in [2.05, 4.69) is 12.2 Å². The molecule has 0 N–H and O–H groups in total. The second kappa shape index (κ2) is 8.44. The van der Waals surface area contributed by atoms with Crippen molar-refractivity contribution in [2.24, 2.45) is 17.8 Å². The van der Waals surface area contributed by atoms with Crippen molar-refractivity contribution in [2.75, 3.05) is 32.8 Å². The van der Waals surface area contributed by atoms with Crippen LogP contribution in [0.3, 0.4) is 0 Å². The first-order chi connectivity index (χ1) is 13.5. The van der Waals surface area contributed by atoms with Crippen molar-refractivity contribution in [1.82, 2.24) is 9.80 Å². The highest BCUT2D eigenvalue weighted by atomic mass is 35.5. The van der Waals surface area contributed by atoms with Crippen LogP contribution < -0.4 is 0 Å². The number of rotatable bonds is 3. The van der Waals surface area contributed by atoms with Gasteiger partial charge in [0.1, 0.15) is 0 Å². The molecule has 2 fully saturated rings. The standard InChI is InChI=1S/C21H24Cl2N2O3/c22-17-5-4-14(12-18(17)23)13-25-7-6-15-2-1-3-16(19(15)21(25)27)20(26)24-8-10-28-11-9-24/h1-2,4-5,12,15-16,19H,3,6-11,13H2/t15-,16-,19+/m1/s1. The Kier molecular flexibility index (Phi) is 5.95. The molecule has 150 valence electrons. The number of piperidine rings is 1. The van der Waals surface area contributed by atoms with E-state index in [0.29, 0.717) is 55.9 Å². The molecule has 1 aliphatic carbocycles. The van der Waals surface area contributed by atoms with E-state index in [-0.39, 0.29) is 29.6 Å². The van der Waals surface area contributed by atoms with E-state index < -0.39 is 0 Å². The van der Waals surface area contributed by atoms with Crippen LogP contribution in [-0.2, 0) is 20.9 Å². The van der Waals surface area contributed by atoms with Gasteiger partial charge in [0, 0.05) is 26.2 Å². The molecule has 0 saturated carbocycles. The largest absolute Gasteiger partial charge is 0.378 e. The Hall–Kier alpha value is -1.56. The van der Waals surface area contributed by atoms with Gasteiger partial charge in [-0.05, 0) is 36.5 Å². The van der Waals surface area contributed by atoms with Crippen molar-refractivity contribution in [3.05, 3.63) is 46.0 Å². The number of allylic oxidation sites excluding steroid dienone is 2. The molecule has 2 amide bonds. The number of nitrogens with zero attached hydrogens (tertiary/aromatic N) is 2. The maximum absolute atomic E-state index is 13.4. The van der Waals surface area contributed by atoms with E-state index in [4.69, 9.17) is 27.9 Å². The van der Waals surface area contributed by atoms with Gasteiger partial charge in [-0.15, -0.1) is 0 Å². The molecular formula is C21H24Cl2N2O3. The number of hydrogen-bond donors (Lipinski definition) is 0. The summed E-state index contributed by atoms with van der Waals surface area (Å²) in [6.07, 6.45) is 5.71. The van der Waals surface area contributed by atoms with Crippen LogP contribution in [0.4, 0.5) is 0 Å². The molecule has 3 aliphatic rings. The number of ether oxygens (including phenoxy) is 1. The average molecular weight is 423 g/mol. The van der Waals surface area contributed by atoms with Crippen LogP contribution in [0.5, 0.6) is 0 Å². The normalized spacial score (nSPS) is 27.6. The van der Waals surface area contributed by atoms with Gasteiger partial charge in [-0.3, -0.25) is 9.59 Å². The van der Waals surface area contributed by atoms with Crippen LogP contribution in [0.15, 0.2) is 30.4 Å². The van der Waals surface area contributed by atoms with Crippen molar-refractivity contribution in [2.45, 2.75) is 19.4 Å². The maximum Gasteiger partial charge on any atom is 0.227 e. The molecular weight excluding hydrogens is 399 g/mol. The zero-order valence-corrected chi connectivity index (χ0v) is 17.2. The SMILES string of the molecule is O=C1[C@H]2[C@H](C=CC[C@H]2C(=O)N2CCOCC2)CCN1Cc1ccc(Cl)c(Cl)c1. The highest BCUT2D eigenvalue weighted by Crippen LogP contribution is 2.39. The van der Waals surface area contributed by atoms with Crippen LogP contribution >= 0.6 is 23.2 Å². The van der Waals surface area contributed by atoms with E-state index in [1.807, 2.05) is 15.9 Å². The third-order valence-electron chi connectivity index (χ3n) is 5.99. The summed E-state index contributed by atoms with van der Waals surface area (Å²) in [6.45, 7) is 3.53. The molecule has 2 saturated heterocycles. The lowest BCUT2D eigenvalue weighted by molar-refractivity contribution is -0.153. The quantitative estimate of drug-likeness (QED) is 0.701. The topological polar surface area (TPSA) is 49.9 Å². The Morgan fingerprint density at radius 2 is 1.93 bits per heavy atom. The molecule has 7 heteroatoms. The molecule has 28 heavy (non-hydrogen) atoms. The molecule has 2 aliphatic heterocycles. The maximum atomic E-state index is 13.4. The first-order valence-corrected chi connectivity index (χ1v) is 10.6. The number of likely N-dealkylation sites (tertiary alicyclic amines) is 1. The first-order valence-electron chi connectivity index (χ1n) is 9.80. The molecule has 0 bridgehead atoms. The number of carbonyl (C=O) groups is 2. The Morgan fingerprint density at radius 3 is 2.68 bits per heavy atom. The summed E-state index contributed by atoms with van der Waals surface area (Å²) >= 11 is 12.1. The second-order valence-corrected chi connectivity index (χ2v) is 8.51. The molecule has 1 aromatic carbocycles. The fraction of sp³-hybridized carbons (Fsp3) is 0.524. The average Bonchev–Trinajstić information content (AvgIpc) is 2.72. The van der Waals surface area contributed by atoms with Crippen LogP contribution in [0.25, 0.3) is 0 Å². The predicted molar refractivity (Wildman–Crippen MR) is 108 cm³/mol. The van der Waals surface area contributed by atoms with Gasteiger partial charge in [0.05, 0.1) is 35.1 Å². The smallest absolute Gasteiger partial charge is 0.227 e. The monoisotopic (exact) mass is 422 g/mol. The lowest BCUT2D eigenvalue weighted by Gasteiger charge is -2.43. The molecule has 5 nitrogen and oxygen atoms in total.